The number of rotatable bonds is 10. The zero-order valence-electron chi connectivity index (χ0n) is 25.6. The number of carbonyl (C=O) groups excluding carboxylic acids is 2. The summed E-state index contributed by atoms with van der Waals surface area (Å²) < 4.78 is 24.1. The first kappa shape index (κ1) is 31.0. The van der Waals surface area contributed by atoms with Gasteiger partial charge in [0, 0.05) is 18.9 Å². The third-order valence-corrected chi connectivity index (χ3v) is 9.21. The number of Topliss-reactive ketones (excluding diaryl/α,β-unsaturated/α-hetero) is 1. The highest BCUT2D eigenvalue weighted by Crippen LogP contribution is 2.54. The fraction of sp³-hybridized carbons (Fsp3) is 0.543. The van der Waals surface area contributed by atoms with Crippen LogP contribution >= 0.6 is 0 Å². The number of methoxy groups -OCH3 is 2. The van der Waals surface area contributed by atoms with E-state index in [-0.39, 0.29) is 35.7 Å². The maximum absolute atomic E-state index is 13.4. The van der Waals surface area contributed by atoms with Crippen molar-refractivity contribution in [1.29, 1.82) is 0 Å². The number of ketones is 1. The van der Waals surface area contributed by atoms with Crippen molar-refractivity contribution in [2.45, 2.75) is 78.3 Å². The molecule has 1 aliphatic heterocycles. The predicted octanol–water partition coefficient (Wildman–Crippen LogP) is 7.12. The van der Waals surface area contributed by atoms with E-state index in [1.54, 1.807) is 7.11 Å². The van der Waals surface area contributed by atoms with Crippen LogP contribution in [0, 0.1) is 29.1 Å². The Hall–Kier alpha value is -2.96. The number of benzene rings is 2. The summed E-state index contributed by atoms with van der Waals surface area (Å²) in [5, 5.41) is 0. The van der Waals surface area contributed by atoms with Gasteiger partial charge in [-0.2, -0.15) is 0 Å². The molecule has 1 fully saturated rings. The standard InChI is InChI=1S/C35H46O6/c1-23(16-17-29(38-6)27-14-11-15-28(20-27)40-22-26-12-9-8-10-13-26)32-24(2)18-19-35(41-32)30(33(37)39-7)31(36)25(3)21-34(35,4)5/h8-15,18-20,23-25,29-30,32H,16-17,21-22H2,1-7H3/t23-,24-,25-,29-,30+,32+,35-/m0/s1. The van der Waals surface area contributed by atoms with Gasteiger partial charge >= 0.3 is 5.97 Å². The largest absolute Gasteiger partial charge is 0.489 e. The molecule has 1 aliphatic carbocycles. The van der Waals surface area contributed by atoms with Gasteiger partial charge in [0.25, 0.3) is 0 Å². The van der Waals surface area contributed by atoms with Crippen LogP contribution in [0.1, 0.15) is 71.1 Å². The summed E-state index contributed by atoms with van der Waals surface area (Å²) >= 11 is 0. The Morgan fingerprint density at radius 2 is 1.78 bits per heavy atom. The molecule has 1 heterocycles. The van der Waals surface area contributed by atoms with E-state index in [1.165, 1.54) is 7.11 Å². The Morgan fingerprint density at radius 3 is 2.46 bits per heavy atom. The summed E-state index contributed by atoms with van der Waals surface area (Å²) in [6, 6.07) is 18.2. The van der Waals surface area contributed by atoms with Gasteiger partial charge < -0.3 is 18.9 Å². The third kappa shape index (κ3) is 6.44. The van der Waals surface area contributed by atoms with Crippen LogP contribution in [0.15, 0.2) is 66.7 Å². The van der Waals surface area contributed by atoms with E-state index in [4.69, 9.17) is 18.9 Å². The summed E-state index contributed by atoms with van der Waals surface area (Å²) in [5.41, 5.74) is 0.719. The second-order valence-electron chi connectivity index (χ2n) is 12.6. The van der Waals surface area contributed by atoms with Crippen molar-refractivity contribution in [3.8, 4) is 5.75 Å². The first-order valence-corrected chi connectivity index (χ1v) is 14.8. The number of carbonyl (C=O) groups is 2. The average molecular weight is 563 g/mol. The van der Waals surface area contributed by atoms with E-state index in [0.29, 0.717) is 13.0 Å². The first-order valence-electron chi connectivity index (χ1n) is 14.8. The number of hydrogen-bond acceptors (Lipinski definition) is 6. The molecule has 6 nitrogen and oxygen atoms in total. The lowest BCUT2D eigenvalue weighted by Gasteiger charge is -2.56. The minimum atomic E-state index is -1.04. The smallest absolute Gasteiger partial charge is 0.319 e. The van der Waals surface area contributed by atoms with E-state index < -0.39 is 22.9 Å². The summed E-state index contributed by atoms with van der Waals surface area (Å²) in [7, 11) is 3.08. The van der Waals surface area contributed by atoms with Gasteiger partial charge in [0.15, 0.2) is 5.78 Å². The van der Waals surface area contributed by atoms with E-state index in [1.807, 2.05) is 43.3 Å². The van der Waals surface area contributed by atoms with Gasteiger partial charge in [-0.1, -0.05) is 89.2 Å². The van der Waals surface area contributed by atoms with Crippen LogP contribution in [-0.2, 0) is 30.4 Å². The molecule has 2 aromatic carbocycles. The Morgan fingerprint density at radius 1 is 1.05 bits per heavy atom. The van der Waals surface area contributed by atoms with Crippen LogP contribution in [0.25, 0.3) is 0 Å². The van der Waals surface area contributed by atoms with Gasteiger partial charge in [0.1, 0.15) is 23.9 Å². The lowest BCUT2D eigenvalue weighted by atomic mass is 9.55. The molecule has 2 aliphatic rings. The fourth-order valence-electron chi connectivity index (χ4n) is 6.83. The summed E-state index contributed by atoms with van der Waals surface area (Å²) in [5.74, 6) is -0.730. The second-order valence-corrected chi connectivity index (χ2v) is 12.6. The Bertz CT molecular complexity index is 1220. The lowest BCUT2D eigenvalue weighted by Crippen LogP contribution is -2.65. The molecule has 0 aromatic heterocycles. The molecule has 0 saturated heterocycles. The Balaban J connectivity index is 1.47. The van der Waals surface area contributed by atoms with E-state index in [2.05, 4.69) is 58.0 Å². The minimum absolute atomic E-state index is 0.0995. The highest BCUT2D eigenvalue weighted by atomic mass is 16.5. The summed E-state index contributed by atoms with van der Waals surface area (Å²) in [6.07, 6.45) is 6.14. The maximum atomic E-state index is 13.4. The zero-order chi connectivity index (χ0) is 29.8. The first-order chi connectivity index (χ1) is 19.5. The molecule has 0 radical (unpaired) electrons. The number of ether oxygens (including phenoxy) is 4. The molecule has 2 aromatic rings. The van der Waals surface area contributed by atoms with Crippen LogP contribution < -0.4 is 4.74 Å². The number of hydrogen-bond donors (Lipinski definition) is 0. The van der Waals surface area contributed by atoms with Crippen LogP contribution in [0.2, 0.25) is 0 Å². The molecule has 1 spiro atoms. The highest BCUT2D eigenvalue weighted by molar-refractivity contribution is 6.02. The quantitative estimate of drug-likeness (QED) is 0.174. The SMILES string of the molecule is COC(=O)[C@H]1C(=O)[C@@H](C)CC(C)(C)[C@]12C=C[C@H](C)[C@@H]([C@@H](C)CC[C@H](OC)c1cccc(OCc3ccccc3)c1)O2. The van der Waals surface area contributed by atoms with E-state index in [0.717, 1.165) is 29.7 Å². The number of esters is 1. The molecule has 0 unspecified atom stereocenters. The Kier molecular flexibility index (Phi) is 9.76. The zero-order valence-corrected chi connectivity index (χ0v) is 25.6. The molecule has 4 rings (SSSR count). The summed E-state index contributed by atoms with van der Waals surface area (Å²) in [4.78, 5) is 26.4. The van der Waals surface area contributed by atoms with Crippen molar-refractivity contribution in [3.63, 3.8) is 0 Å². The van der Waals surface area contributed by atoms with Crippen LogP contribution in [0.5, 0.6) is 5.75 Å². The van der Waals surface area contributed by atoms with Crippen LogP contribution in [0.4, 0.5) is 0 Å². The van der Waals surface area contributed by atoms with Crippen molar-refractivity contribution < 1.29 is 28.5 Å². The molecule has 7 atom stereocenters. The second kappa shape index (κ2) is 12.9. The molecule has 0 amide bonds. The van der Waals surface area contributed by atoms with Crippen LogP contribution in [0.3, 0.4) is 0 Å². The monoisotopic (exact) mass is 562 g/mol. The lowest BCUT2D eigenvalue weighted by molar-refractivity contribution is -0.215. The predicted molar refractivity (Wildman–Crippen MR) is 159 cm³/mol. The van der Waals surface area contributed by atoms with Crippen molar-refractivity contribution in [2.24, 2.45) is 29.1 Å². The van der Waals surface area contributed by atoms with Gasteiger partial charge in [-0.15, -0.1) is 0 Å². The highest BCUT2D eigenvalue weighted by Gasteiger charge is 2.63. The minimum Gasteiger partial charge on any atom is -0.489 e. The van der Waals surface area contributed by atoms with Crippen molar-refractivity contribution in [1.82, 2.24) is 0 Å². The molecule has 1 saturated carbocycles. The molecular weight excluding hydrogens is 516 g/mol. The van der Waals surface area contributed by atoms with E-state index in [9.17, 15) is 9.59 Å². The molecular formula is C35H46O6. The average Bonchev–Trinajstić information content (AvgIpc) is 2.97. The summed E-state index contributed by atoms with van der Waals surface area (Å²) in [6.45, 7) is 10.9. The van der Waals surface area contributed by atoms with Gasteiger partial charge in [-0.3, -0.25) is 9.59 Å². The molecule has 6 heteroatoms. The van der Waals surface area contributed by atoms with Gasteiger partial charge in [0.05, 0.1) is 19.3 Å². The normalized spacial score (nSPS) is 28.7. The van der Waals surface area contributed by atoms with Crippen molar-refractivity contribution in [2.75, 3.05) is 14.2 Å². The molecule has 0 bridgehead atoms. The molecule has 41 heavy (non-hydrogen) atoms. The molecule has 222 valence electrons. The van der Waals surface area contributed by atoms with Gasteiger partial charge in [0.2, 0.25) is 0 Å². The Labute approximate surface area is 245 Å². The third-order valence-electron chi connectivity index (χ3n) is 9.21. The van der Waals surface area contributed by atoms with Crippen molar-refractivity contribution in [3.05, 3.63) is 77.9 Å². The van der Waals surface area contributed by atoms with Gasteiger partial charge in [-0.25, -0.2) is 0 Å². The van der Waals surface area contributed by atoms with Crippen molar-refractivity contribution >= 4 is 11.8 Å². The van der Waals surface area contributed by atoms with Crippen LogP contribution in [-0.4, -0.2) is 37.7 Å². The van der Waals surface area contributed by atoms with Gasteiger partial charge in [-0.05, 0) is 53.9 Å². The molecule has 0 N–H and O–H groups in total. The maximum Gasteiger partial charge on any atom is 0.319 e. The fourth-order valence-corrected chi connectivity index (χ4v) is 6.83. The topological polar surface area (TPSA) is 71.1 Å². The van der Waals surface area contributed by atoms with E-state index >= 15 is 0 Å².